The van der Waals surface area contributed by atoms with Gasteiger partial charge in [-0.2, -0.15) is 0 Å². The molecule has 0 spiro atoms. The molecule has 1 atom stereocenters. The molecule has 3 nitrogen and oxygen atoms in total. The van der Waals surface area contributed by atoms with Crippen molar-refractivity contribution in [2.45, 2.75) is 51.4 Å². The highest BCUT2D eigenvalue weighted by Gasteiger charge is 2.29. The predicted octanol–water partition coefficient (Wildman–Crippen LogP) is 16.7. The molecule has 2 aromatic heterocycles. The SMILES string of the molecule is CC1C=CC(N(c2ccccc2-c2cccc3cccc(C4CCCCC4)c23)c2cccc3oc4ccccc4c23)=C(c2cccc3c2c2ccccc2n3-c2ccccc2)C1. The van der Waals surface area contributed by atoms with Crippen molar-refractivity contribution in [1.82, 2.24) is 4.57 Å². The van der Waals surface area contributed by atoms with E-state index in [0.717, 1.165) is 39.7 Å². The Balaban J connectivity index is 1.18. The van der Waals surface area contributed by atoms with E-state index in [2.05, 4.69) is 204 Å². The number of hydrogen-bond donors (Lipinski definition) is 0. The number of furan rings is 1. The van der Waals surface area contributed by atoms with Gasteiger partial charge in [-0.1, -0.05) is 160 Å². The first-order valence-electron chi connectivity index (χ1n) is 22.5. The van der Waals surface area contributed by atoms with Crippen LogP contribution in [-0.2, 0) is 0 Å². The molecular formula is C59H48N2O. The van der Waals surface area contributed by atoms with E-state index in [0.29, 0.717) is 11.8 Å². The summed E-state index contributed by atoms with van der Waals surface area (Å²) in [6.45, 7) is 2.35. The molecule has 1 fully saturated rings. The number of allylic oxidation sites excluding steroid dienone is 3. The molecule has 2 aliphatic carbocycles. The predicted molar refractivity (Wildman–Crippen MR) is 262 cm³/mol. The molecule has 62 heavy (non-hydrogen) atoms. The van der Waals surface area contributed by atoms with Crippen LogP contribution in [0, 0.1) is 5.92 Å². The third-order valence-corrected chi connectivity index (χ3v) is 13.7. The summed E-state index contributed by atoms with van der Waals surface area (Å²) in [5, 5.41) is 7.49. The number of nitrogens with zero attached hydrogens (tertiary/aromatic N) is 2. The largest absolute Gasteiger partial charge is 0.456 e. The number of benzene rings is 8. The van der Waals surface area contributed by atoms with E-state index < -0.39 is 0 Å². The van der Waals surface area contributed by atoms with Crippen molar-refractivity contribution in [3.05, 3.63) is 205 Å². The maximum absolute atomic E-state index is 6.64. The smallest absolute Gasteiger partial charge is 0.137 e. The Bertz CT molecular complexity index is 3390. The van der Waals surface area contributed by atoms with Crippen molar-refractivity contribution in [1.29, 1.82) is 0 Å². The molecule has 3 heteroatoms. The first kappa shape index (κ1) is 36.7. The molecule has 0 N–H and O–H groups in total. The van der Waals surface area contributed by atoms with Crippen LogP contribution in [-0.4, -0.2) is 4.57 Å². The molecule has 0 aliphatic heterocycles. The number of hydrogen-bond acceptors (Lipinski definition) is 2. The van der Waals surface area contributed by atoms with Gasteiger partial charge in [0.05, 0.1) is 27.8 Å². The summed E-state index contributed by atoms with van der Waals surface area (Å²) in [6, 6.07) is 64.8. The molecule has 2 aliphatic rings. The quantitative estimate of drug-likeness (QED) is 0.160. The van der Waals surface area contributed by atoms with Crippen molar-refractivity contribution in [3.63, 3.8) is 0 Å². The van der Waals surface area contributed by atoms with Crippen LogP contribution < -0.4 is 4.90 Å². The van der Waals surface area contributed by atoms with Gasteiger partial charge in [0, 0.05) is 33.1 Å². The second kappa shape index (κ2) is 15.1. The van der Waals surface area contributed by atoms with Gasteiger partial charge in [-0.25, -0.2) is 0 Å². The van der Waals surface area contributed by atoms with Crippen LogP contribution in [0.25, 0.3) is 76.9 Å². The van der Waals surface area contributed by atoms with E-state index in [-0.39, 0.29) is 0 Å². The molecule has 0 radical (unpaired) electrons. The lowest BCUT2D eigenvalue weighted by Crippen LogP contribution is -2.20. The van der Waals surface area contributed by atoms with Gasteiger partial charge in [-0.15, -0.1) is 0 Å². The molecule has 0 amide bonds. The lowest BCUT2D eigenvalue weighted by Gasteiger charge is -2.34. The van der Waals surface area contributed by atoms with Crippen molar-refractivity contribution in [2.24, 2.45) is 5.92 Å². The van der Waals surface area contributed by atoms with Crippen LogP contribution in [0.1, 0.15) is 62.5 Å². The van der Waals surface area contributed by atoms with Crippen LogP contribution in [0.15, 0.2) is 198 Å². The third kappa shape index (κ3) is 5.94. The molecule has 0 saturated heterocycles. The Morgan fingerprint density at radius 2 is 1.18 bits per heavy atom. The minimum Gasteiger partial charge on any atom is -0.456 e. The molecule has 1 unspecified atom stereocenters. The molecular weight excluding hydrogens is 753 g/mol. The molecule has 1 saturated carbocycles. The first-order chi connectivity index (χ1) is 30.7. The summed E-state index contributed by atoms with van der Waals surface area (Å²) in [5.74, 6) is 0.920. The molecule has 0 bridgehead atoms. The molecule has 300 valence electrons. The fourth-order valence-corrected chi connectivity index (χ4v) is 11.0. The minimum absolute atomic E-state index is 0.352. The monoisotopic (exact) mass is 800 g/mol. The fourth-order valence-electron chi connectivity index (χ4n) is 11.0. The Hall–Kier alpha value is -7.10. The van der Waals surface area contributed by atoms with Gasteiger partial charge in [0.1, 0.15) is 11.2 Å². The third-order valence-electron chi connectivity index (χ3n) is 13.7. The zero-order valence-corrected chi connectivity index (χ0v) is 35.1. The van der Waals surface area contributed by atoms with Gasteiger partial charge in [-0.05, 0) is 119 Å². The number of fused-ring (bicyclic) bond motifs is 7. The van der Waals surface area contributed by atoms with Gasteiger partial charge < -0.3 is 13.9 Å². The molecule has 2 heterocycles. The van der Waals surface area contributed by atoms with E-state index in [4.69, 9.17) is 4.42 Å². The van der Waals surface area contributed by atoms with E-state index >= 15 is 0 Å². The van der Waals surface area contributed by atoms with E-state index in [1.807, 2.05) is 0 Å². The highest BCUT2D eigenvalue weighted by atomic mass is 16.3. The van der Waals surface area contributed by atoms with Crippen LogP contribution in [0.4, 0.5) is 11.4 Å². The van der Waals surface area contributed by atoms with Crippen LogP contribution >= 0.6 is 0 Å². The van der Waals surface area contributed by atoms with E-state index in [9.17, 15) is 0 Å². The Morgan fingerprint density at radius 1 is 0.516 bits per heavy atom. The van der Waals surface area contributed by atoms with Crippen LogP contribution in [0.2, 0.25) is 0 Å². The van der Waals surface area contributed by atoms with Gasteiger partial charge in [0.15, 0.2) is 0 Å². The number of aromatic nitrogens is 1. The van der Waals surface area contributed by atoms with Gasteiger partial charge in [-0.3, -0.25) is 0 Å². The average molecular weight is 801 g/mol. The Morgan fingerprint density at radius 3 is 2.06 bits per heavy atom. The summed E-state index contributed by atoms with van der Waals surface area (Å²) in [5.41, 5.74) is 15.4. The van der Waals surface area contributed by atoms with E-state index in [1.165, 1.54) is 104 Å². The maximum atomic E-state index is 6.64. The van der Waals surface area contributed by atoms with Crippen LogP contribution in [0.3, 0.4) is 0 Å². The standard InChI is InChI=1S/C59H48N2O/c1-39-36-37-52(49(38-39)46-29-16-32-53-58(46)47-25-9-12-31-51(47)60(53)42-22-6-3-7-23-42)61(54-33-17-35-56-59(54)48-26-10-13-34-55(48)62-56)50-30-11-8-24-44(50)45-28-15-21-41-20-14-27-43(57(41)45)40-18-4-2-5-19-40/h3,6-17,20-37,39-40H,2,4-5,18-19,38H2,1H3. The minimum atomic E-state index is 0.352. The zero-order valence-electron chi connectivity index (χ0n) is 35.1. The van der Waals surface area contributed by atoms with Gasteiger partial charge in [0.25, 0.3) is 0 Å². The first-order valence-corrected chi connectivity index (χ1v) is 22.5. The highest BCUT2D eigenvalue weighted by Crippen LogP contribution is 2.50. The van der Waals surface area contributed by atoms with Gasteiger partial charge >= 0.3 is 0 Å². The number of rotatable bonds is 7. The molecule has 12 rings (SSSR count). The topological polar surface area (TPSA) is 21.3 Å². The summed E-state index contributed by atoms with van der Waals surface area (Å²) in [7, 11) is 0. The van der Waals surface area contributed by atoms with Crippen molar-refractivity contribution < 1.29 is 4.42 Å². The second-order valence-electron chi connectivity index (χ2n) is 17.5. The summed E-state index contributed by atoms with van der Waals surface area (Å²) >= 11 is 0. The average Bonchev–Trinajstić information content (AvgIpc) is 3.89. The summed E-state index contributed by atoms with van der Waals surface area (Å²) in [4.78, 5) is 2.58. The normalized spacial score (nSPS) is 16.0. The zero-order chi connectivity index (χ0) is 41.1. The second-order valence-corrected chi connectivity index (χ2v) is 17.5. The maximum Gasteiger partial charge on any atom is 0.137 e. The Kier molecular flexibility index (Phi) is 8.95. The van der Waals surface area contributed by atoms with Crippen LogP contribution in [0.5, 0.6) is 0 Å². The van der Waals surface area contributed by atoms with Crippen molar-refractivity contribution >= 4 is 71.5 Å². The summed E-state index contributed by atoms with van der Waals surface area (Å²) in [6.07, 6.45) is 12.2. The summed E-state index contributed by atoms with van der Waals surface area (Å²) < 4.78 is 9.07. The molecule has 10 aromatic rings. The van der Waals surface area contributed by atoms with Crippen molar-refractivity contribution in [3.8, 4) is 16.8 Å². The van der Waals surface area contributed by atoms with Gasteiger partial charge in [0.2, 0.25) is 0 Å². The number of para-hydroxylation sites is 4. The van der Waals surface area contributed by atoms with Crippen molar-refractivity contribution in [2.75, 3.05) is 4.90 Å². The Labute approximate surface area is 362 Å². The molecule has 8 aromatic carbocycles. The van der Waals surface area contributed by atoms with E-state index in [1.54, 1.807) is 0 Å². The fraction of sp³-hybridized carbons (Fsp3) is 0.153. The number of anilines is 2. The lowest BCUT2D eigenvalue weighted by molar-refractivity contribution is 0.445. The lowest BCUT2D eigenvalue weighted by atomic mass is 9.80. The highest BCUT2D eigenvalue weighted by molar-refractivity contribution is 6.16.